The van der Waals surface area contributed by atoms with Crippen LogP contribution in [-0.2, 0) is 5.75 Å². The molecule has 8 heteroatoms. The van der Waals surface area contributed by atoms with Crippen LogP contribution >= 0.6 is 46.3 Å². The molecule has 0 unspecified atom stereocenters. The second-order valence-electron chi connectivity index (χ2n) is 3.01. The van der Waals surface area contributed by atoms with Gasteiger partial charge in [-0.2, -0.15) is 0 Å². The Morgan fingerprint density at radius 2 is 2.12 bits per heavy atom. The van der Waals surface area contributed by atoms with Crippen LogP contribution in [0.1, 0.15) is 5.01 Å². The topological polar surface area (TPSA) is 63.8 Å². The number of nitrogens with two attached hydrogens (primary N) is 1. The van der Waals surface area contributed by atoms with E-state index in [-0.39, 0.29) is 0 Å². The predicted molar refractivity (Wildman–Crippen MR) is 73.7 cm³/mol. The molecule has 1 heterocycles. The Kier molecular flexibility index (Phi) is 4.47. The fraction of sp³-hybridized carbons (Fsp3) is 0.111. The summed E-state index contributed by atoms with van der Waals surface area (Å²) in [6.07, 6.45) is 0. The second kappa shape index (κ2) is 5.88. The van der Waals surface area contributed by atoms with E-state index in [9.17, 15) is 0 Å². The summed E-state index contributed by atoms with van der Waals surface area (Å²) < 4.78 is 0. The Hall–Kier alpha value is -0.530. The standard InChI is InChI=1S/C9H8Cl2N4S2/c10-6-2-1-5(3-7(6)11)16-4-8-14-15-9(13-12)17-8/h1-3H,4,12H2,(H,13,15). The first kappa shape index (κ1) is 12.9. The van der Waals surface area contributed by atoms with Crippen LogP contribution in [0.4, 0.5) is 5.13 Å². The molecule has 90 valence electrons. The van der Waals surface area contributed by atoms with Crippen molar-refractivity contribution in [2.75, 3.05) is 5.43 Å². The molecule has 2 aromatic rings. The number of benzene rings is 1. The summed E-state index contributed by atoms with van der Waals surface area (Å²) in [6.45, 7) is 0. The van der Waals surface area contributed by atoms with Crippen LogP contribution in [0.5, 0.6) is 0 Å². The van der Waals surface area contributed by atoms with Crippen molar-refractivity contribution >= 4 is 51.4 Å². The Morgan fingerprint density at radius 3 is 2.76 bits per heavy atom. The van der Waals surface area contributed by atoms with E-state index in [4.69, 9.17) is 29.0 Å². The quantitative estimate of drug-likeness (QED) is 0.515. The number of aromatic nitrogens is 2. The van der Waals surface area contributed by atoms with Crippen LogP contribution in [0, 0.1) is 0 Å². The van der Waals surface area contributed by atoms with E-state index in [1.165, 1.54) is 11.3 Å². The number of nitrogens with one attached hydrogen (secondary N) is 1. The lowest BCUT2D eigenvalue weighted by Crippen LogP contribution is -2.05. The molecule has 0 spiro atoms. The highest BCUT2D eigenvalue weighted by Gasteiger charge is 2.05. The van der Waals surface area contributed by atoms with Gasteiger partial charge in [0.15, 0.2) is 0 Å². The van der Waals surface area contributed by atoms with Crippen molar-refractivity contribution in [2.45, 2.75) is 10.6 Å². The van der Waals surface area contributed by atoms with Gasteiger partial charge < -0.3 is 0 Å². The minimum Gasteiger partial charge on any atom is -0.298 e. The van der Waals surface area contributed by atoms with E-state index < -0.39 is 0 Å². The van der Waals surface area contributed by atoms with Gasteiger partial charge >= 0.3 is 0 Å². The zero-order valence-electron chi connectivity index (χ0n) is 8.48. The summed E-state index contributed by atoms with van der Waals surface area (Å²) in [4.78, 5) is 1.04. The fourth-order valence-electron chi connectivity index (χ4n) is 1.08. The van der Waals surface area contributed by atoms with Crippen LogP contribution in [-0.4, -0.2) is 10.2 Å². The molecular weight excluding hydrogens is 299 g/mol. The number of rotatable bonds is 4. The van der Waals surface area contributed by atoms with Crippen molar-refractivity contribution < 1.29 is 0 Å². The number of hydrazine groups is 1. The molecule has 1 aromatic carbocycles. The molecule has 0 radical (unpaired) electrons. The summed E-state index contributed by atoms with van der Waals surface area (Å²) >= 11 is 14.8. The Labute approximate surface area is 116 Å². The molecule has 0 aliphatic rings. The van der Waals surface area contributed by atoms with Gasteiger partial charge in [-0.25, -0.2) is 5.84 Å². The van der Waals surface area contributed by atoms with Crippen LogP contribution in [0.3, 0.4) is 0 Å². The largest absolute Gasteiger partial charge is 0.298 e. The maximum Gasteiger partial charge on any atom is 0.219 e. The minimum atomic E-state index is 0.554. The molecule has 1 aromatic heterocycles. The average Bonchev–Trinajstić information content (AvgIpc) is 2.79. The van der Waals surface area contributed by atoms with Crippen LogP contribution in [0.2, 0.25) is 10.0 Å². The normalized spacial score (nSPS) is 10.5. The first-order valence-corrected chi connectivity index (χ1v) is 7.11. The van der Waals surface area contributed by atoms with Gasteiger partial charge in [-0.05, 0) is 18.2 Å². The molecule has 0 bridgehead atoms. The van der Waals surface area contributed by atoms with Crippen molar-refractivity contribution in [3.05, 3.63) is 33.3 Å². The SMILES string of the molecule is NNc1nnc(CSc2ccc(Cl)c(Cl)c2)s1. The average molecular weight is 307 g/mol. The van der Waals surface area contributed by atoms with Gasteiger partial charge in [0.1, 0.15) is 5.01 Å². The van der Waals surface area contributed by atoms with Gasteiger partial charge in [-0.1, -0.05) is 34.5 Å². The smallest absolute Gasteiger partial charge is 0.219 e. The van der Waals surface area contributed by atoms with E-state index >= 15 is 0 Å². The Bertz CT molecular complexity index is 517. The van der Waals surface area contributed by atoms with E-state index in [1.807, 2.05) is 12.1 Å². The molecule has 4 nitrogen and oxygen atoms in total. The van der Waals surface area contributed by atoms with Crippen LogP contribution < -0.4 is 11.3 Å². The van der Waals surface area contributed by atoms with Crippen molar-refractivity contribution in [3.63, 3.8) is 0 Å². The number of anilines is 1. The van der Waals surface area contributed by atoms with Crippen LogP contribution in [0.25, 0.3) is 0 Å². The number of nitrogen functional groups attached to an aromatic ring is 1. The summed E-state index contributed by atoms with van der Waals surface area (Å²) in [6, 6.07) is 5.53. The molecule has 0 aliphatic carbocycles. The summed E-state index contributed by atoms with van der Waals surface area (Å²) in [5.74, 6) is 5.95. The molecular formula is C9H8Cl2N4S2. The van der Waals surface area contributed by atoms with Gasteiger partial charge in [0.05, 0.1) is 15.8 Å². The molecule has 0 saturated carbocycles. The Balaban J connectivity index is 1.99. The maximum absolute atomic E-state index is 5.92. The molecule has 0 atom stereocenters. The zero-order chi connectivity index (χ0) is 12.3. The molecule has 2 rings (SSSR count). The summed E-state index contributed by atoms with van der Waals surface area (Å²) in [7, 11) is 0. The van der Waals surface area contributed by atoms with E-state index in [0.717, 1.165) is 15.7 Å². The van der Waals surface area contributed by atoms with Crippen LogP contribution in [0.15, 0.2) is 23.1 Å². The molecule has 0 amide bonds. The fourth-order valence-corrected chi connectivity index (χ4v) is 3.02. The van der Waals surface area contributed by atoms with Gasteiger partial charge in [0, 0.05) is 4.90 Å². The number of thioether (sulfide) groups is 1. The highest BCUT2D eigenvalue weighted by atomic mass is 35.5. The highest BCUT2D eigenvalue weighted by molar-refractivity contribution is 7.98. The van der Waals surface area contributed by atoms with Crippen molar-refractivity contribution in [3.8, 4) is 0 Å². The Morgan fingerprint density at radius 1 is 1.29 bits per heavy atom. The maximum atomic E-state index is 5.92. The highest BCUT2D eigenvalue weighted by Crippen LogP contribution is 2.30. The van der Waals surface area contributed by atoms with Gasteiger partial charge in [0.2, 0.25) is 5.13 Å². The van der Waals surface area contributed by atoms with E-state index in [1.54, 1.807) is 17.8 Å². The third kappa shape index (κ3) is 3.46. The third-order valence-corrected chi connectivity index (χ3v) is 4.62. The lowest BCUT2D eigenvalue weighted by Gasteiger charge is -2.00. The second-order valence-corrected chi connectivity index (χ2v) is 5.94. The number of hydrogen-bond donors (Lipinski definition) is 2. The van der Waals surface area contributed by atoms with Crippen molar-refractivity contribution in [2.24, 2.45) is 5.84 Å². The third-order valence-electron chi connectivity index (χ3n) is 1.84. The lowest BCUT2D eigenvalue weighted by atomic mass is 10.4. The van der Waals surface area contributed by atoms with Gasteiger partial charge in [-0.15, -0.1) is 22.0 Å². The lowest BCUT2D eigenvalue weighted by molar-refractivity contribution is 1.03. The molecule has 0 aliphatic heterocycles. The predicted octanol–water partition coefficient (Wildman–Crippen LogP) is 3.42. The van der Waals surface area contributed by atoms with Gasteiger partial charge in [-0.3, -0.25) is 5.43 Å². The monoisotopic (exact) mass is 306 g/mol. The summed E-state index contributed by atoms with van der Waals surface area (Å²) in [5.41, 5.74) is 2.46. The minimum absolute atomic E-state index is 0.554. The molecule has 17 heavy (non-hydrogen) atoms. The summed E-state index contributed by atoms with van der Waals surface area (Å²) in [5, 5.41) is 10.5. The number of halogens is 2. The first-order chi connectivity index (χ1) is 8.19. The first-order valence-electron chi connectivity index (χ1n) is 4.56. The number of nitrogens with zero attached hydrogens (tertiary/aromatic N) is 2. The molecule has 3 N–H and O–H groups in total. The molecule has 0 saturated heterocycles. The molecule has 0 fully saturated rings. The van der Waals surface area contributed by atoms with E-state index in [0.29, 0.717) is 15.2 Å². The van der Waals surface area contributed by atoms with Crippen molar-refractivity contribution in [1.82, 2.24) is 10.2 Å². The van der Waals surface area contributed by atoms with E-state index in [2.05, 4.69) is 15.6 Å². The zero-order valence-corrected chi connectivity index (χ0v) is 11.6. The number of hydrogen-bond acceptors (Lipinski definition) is 6. The van der Waals surface area contributed by atoms with Gasteiger partial charge in [0.25, 0.3) is 0 Å². The van der Waals surface area contributed by atoms with Crippen molar-refractivity contribution in [1.29, 1.82) is 0 Å².